The first-order valence-electron chi connectivity index (χ1n) is 7.77. The minimum atomic E-state index is 0.226. The standard InChI is InChI=1S/C17H29NO/c1-12(2)18(14(4)19)11-16-10-17(16,5)15-8-6-13(3)7-9-15/h6,12,15-16H,7-11H2,1-5H3. The maximum absolute atomic E-state index is 11.7. The summed E-state index contributed by atoms with van der Waals surface area (Å²) in [5.74, 6) is 1.78. The summed E-state index contributed by atoms with van der Waals surface area (Å²) in [5.41, 5.74) is 2.05. The molecular formula is C17H29NO. The first-order chi connectivity index (χ1) is 8.84. The van der Waals surface area contributed by atoms with Crippen LogP contribution in [0.3, 0.4) is 0 Å². The van der Waals surface area contributed by atoms with Crippen LogP contribution < -0.4 is 0 Å². The van der Waals surface area contributed by atoms with Gasteiger partial charge < -0.3 is 4.90 Å². The molecule has 108 valence electrons. The fraction of sp³-hybridized carbons (Fsp3) is 0.824. The molecule has 0 aromatic carbocycles. The molecule has 0 aliphatic heterocycles. The van der Waals surface area contributed by atoms with Crippen LogP contribution in [0.1, 0.15) is 60.3 Å². The summed E-state index contributed by atoms with van der Waals surface area (Å²) < 4.78 is 0. The number of hydrogen-bond donors (Lipinski definition) is 0. The van der Waals surface area contributed by atoms with Gasteiger partial charge in [-0.15, -0.1) is 0 Å². The number of allylic oxidation sites excluding steroid dienone is 2. The molecule has 3 atom stereocenters. The number of rotatable bonds is 4. The highest BCUT2D eigenvalue weighted by Gasteiger charge is 2.55. The lowest BCUT2D eigenvalue weighted by Crippen LogP contribution is -2.38. The Morgan fingerprint density at radius 1 is 1.53 bits per heavy atom. The zero-order chi connectivity index (χ0) is 14.2. The number of nitrogens with zero attached hydrogens (tertiary/aromatic N) is 1. The van der Waals surface area contributed by atoms with Crippen molar-refractivity contribution in [3.05, 3.63) is 11.6 Å². The predicted octanol–water partition coefficient (Wildman–Crippen LogP) is 4.02. The third-order valence-electron chi connectivity index (χ3n) is 5.47. The molecule has 0 bridgehead atoms. The molecule has 1 amide bonds. The second kappa shape index (κ2) is 5.30. The monoisotopic (exact) mass is 263 g/mol. The van der Waals surface area contributed by atoms with Crippen LogP contribution in [0.15, 0.2) is 11.6 Å². The molecule has 0 spiro atoms. The molecule has 19 heavy (non-hydrogen) atoms. The van der Waals surface area contributed by atoms with Gasteiger partial charge in [-0.1, -0.05) is 18.6 Å². The minimum absolute atomic E-state index is 0.226. The normalized spacial score (nSPS) is 34.1. The van der Waals surface area contributed by atoms with Crippen LogP contribution >= 0.6 is 0 Å². The third kappa shape index (κ3) is 3.04. The van der Waals surface area contributed by atoms with Crippen LogP contribution in [0, 0.1) is 17.3 Å². The molecule has 1 saturated carbocycles. The molecule has 0 saturated heterocycles. The quantitative estimate of drug-likeness (QED) is 0.702. The molecule has 0 radical (unpaired) electrons. The van der Waals surface area contributed by atoms with Crippen molar-refractivity contribution < 1.29 is 4.79 Å². The molecule has 0 aromatic heterocycles. The Kier molecular flexibility index (Phi) is 4.08. The van der Waals surface area contributed by atoms with Crippen molar-refractivity contribution in [3.63, 3.8) is 0 Å². The van der Waals surface area contributed by atoms with E-state index in [-0.39, 0.29) is 5.91 Å². The lowest BCUT2D eigenvalue weighted by molar-refractivity contribution is -0.130. The van der Waals surface area contributed by atoms with Gasteiger partial charge in [-0.25, -0.2) is 0 Å². The summed E-state index contributed by atoms with van der Waals surface area (Å²) in [6.07, 6.45) is 7.60. The number of carbonyl (C=O) groups excluding carboxylic acids is 1. The van der Waals surface area contributed by atoms with Gasteiger partial charge in [-0.05, 0) is 63.7 Å². The molecule has 1 fully saturated rings. The van der Waals surface area contributed by atoms with Crippen molar-refractivity contribution in [3.8, 4) is 0 Å². The van der Waals surface area contributed by atoms with E-state index in [0.29, 0.717) is 11.5 Å². The summed E-state index contributed by atoms with van der Waals surface area (Å²) in [4.78, 5) is 13.7. The van der Waals surface area contributed by atoms with Crippen LogP contribution in [-0.2, 0) is 4.79 Å². The van der Waals surface area contributed by atoms with Crippen molar-refractivity contribution in [1.29, 1.82) is 0 Å². The topological polar surface area (TPSA) is 20.3 Å². The molecule has 2 aliphatic rings. The largest absolute Gasteiger partial charge is 0.340 e. The van der Waals surface area contributed by atoms with Crippen molar-refractivity contribution >= 4 is 5.91 Å². The van der Waals surface area contributed by atoms with Crippen LogP contribution in [0.5, 0.6) is 0 Å². The van der Waals surface area contributed by atoms with Crippen molar-refractivity contribution in [2.24, 2.45) is 17.3 Å². The number of amides is 1. The summed E-state index contributed by atoms with van der Waals surface area (Å²) in [7, 11) is 0. The lowest BCUT2D eigenvalue weighted by atomic mass is 9.78. The van der Waals surface area contributed by atoms with Gasteiger partial charge in [-0.3, -0.25) is 4.79 Å². The van der Waals surface area contributed by atoms with Crippen LogP contribution in [0.4, 0.5) is 0 Å². The smallest absolute Gasteiger partial charge is 0.219 e. The predicted molar refractivity (Wildman–Crippen MR) is 79.8 cm³/mol. The first kappa shape index (κ1) is 14.6. The maximum atomic E-state index is 11.7. The van der Waals surface area contributed by atoms with Gasteiger partial charge in [0.15, 0.2) is 0 Å². The van der Waals surface area contributed by atoms with Gasteiger partial charge in [0.05, 0.1) is 0 Å². The molecule has 0 N–H and O–H groups in total. The molecule has 2 heteroatoms. The Labute approximate surface area is 118 Å². The molecule has 2 aliphatic carbocycles. The Morgan fingerprint density at radius 3 is 2.68 bits per heavy atom. The van der Waals surface area contributed by atoms with Gasteiger partial charge in [0.2, 0.25) is 5.91 Å². The summed E-state index contributed by atoms with van der Waals surface area (Å²) in [5, 5.41) is 0. The molecular weight excluding hydrogens is 234 g/mol. The van der Waals surface area contributed by atoms with Crippen molar-refractivity contribution in [1.82, 2.24) is 4.90 Å². The second-order valence-corrected chi connectivity index (χ2v) is 7.19. The van der Waals surface area contributed by atoms with Crippen LogP contribution in [0.25, 0.3) is 0 Å². The van der Waals surface area contributed by atoms with E-state index in [4.69, 9.17) is 0 Å². The van der Waals surface area contributed by atoms with Crippen molar-refractivity contribution in [2.75, 3.05) is 6.54 Å². The summed E-state index contributed by atoms with van der Waals surface area (Å²) in [6, 6.07) is 0.329. The van der Waals surface area contributed by atoms with Gasteiger partial charge >= 0.3 is 0 Å². The van der Waals surface area contributed by atoms with Gasteiger partial charge in [-0.2, -0.15) is 0 Å². The average Bonchev–Trinajstić information content (AvgIpc) is 2.98. The fourth-order valence-corrected chi connectivity index (χ4v) is 3.75. The number of carbonyl (C=O) groups is 1. The highest BCUT2D eigenvalue weighted by Crippen LogP contribution is 2.60. The third-order valence-corrected chi connectivity index (χ3v) is 5.47. The molecule has 2 rings (SSSR count). The summed E-state index contributed by atoms with van der Waals surface area (Å²) >= 11 is 0. The minimum Gasteiger partial charge on any atom is -0.340 e. The SMILES string of the molecule is CC(=O)N(CC1CC1(C)C1CC=C(C)CC1)C(C)C. The van der Waals surface area contributed by atoms with E-state index in [1.54, 1.807) is 12.5 Å². The van der Waals surface area contributed by atoms with E-state index < -0.39 is 0 Å². The zero-order valence-electron chi connectivity index (χ0n) is 13.2. The number of hydrogen-bond acceptors (Lipinski definition) is 1. The molecule has 3 unspecified atom stereocenters. The van der Waals surface area contributed by atoms with Crippen LogP contribution in [-0.4, -0.2) is 23.4 Å². The Balaban J connectivity index is 1.93. The Bertz CT molecular complexity index is 385. The van der Waals surface area contributed by atoms with E-state index in [1.165, 1.54) is 25.7 Å². The van der Waals surface area contributed by atoms with Crippen LogP contribution in [0.2, 0.25) is 0 Å². The van der Waals surface area contributed by atoms with Gasteiger partial charge in [0.1, 0.15) is 0 Å². The fourth-order valence-electron chi connectivity index (χ4n) is 3.75. The molecule has 2 nitrogen and oxygen atoms in total. The first-order valence-corrected chi connectivity index (χ1v) is 7.77. The van der Waals surface area contributed by atoms with E-state index in [1.807, 2.05) is 4.90 Å². The van der Waals surface area contributed by atoms with E-state index in [2.05, 4.69) is 33.8 Å². The van der Waals surface area contributed by atoms with E-state index >= 15 is 0 Å². The maximum Gasteiger partial charge on any atom is 0.219 e. The van der Waals surface area contributed by atoms with E-state index in [0.717, 1.165) is 18.4 Å². The van der Waals surface area contributed by atoms with Gasteiger partial charge in [0, 0.05) is 19.5 Å². The Hall–Kier alpha value is -0.790. The highest BCUT2D eigenvalue weighted by atomic mass is 16.2. The lowest BCUT2D eigenvalue weighted by Gasteiger charge is -2.30. The second-order valence-electron chi connectivity index (χ2n) is 7.19. The molecule has 0 aromatic rings. The van der Waals surface area contributed by atoms with E-state index in [9.17, 15) is 4.79 Å². The Morgan fingerprint density at radius 2 is 2.21 bits per heavy atom. The average molecular weight is 263 g/mol. The zero-order valence-corrected chi connectivity index (χ0v) is 13.2. The highest BCUT2D eigenvalue weighted by molar-refractivity contribution is 5.73. The van der Waals surface area contributed by atoms with Gasteiger partial charge in [0.25, 0.3) is 0 Å². The molecule has 0 heterocycles. The van der Waals surface area contributed by atoms with Crippen molar-refractivity contribution in [2.45, 2.75) is 66.3 Å². The summed E-state index contributed by atoms with van der Waals surface area (Å²) in [6.45, 7) is 11.6.